The van der Waals surface area contributed by atoms with Gasteiger partial charge in [-0.05, 0) is 61.9 Å². The Morgan fingerprint density at radius 1 is 1.04 bits per heavy atom. The van der Waals surface area contributed by atoms with E-state index in [1.807, 2.05) is 54.8 Å². The van der Waals surface area contributed by atoms with Gasteiger partial charge in [-0.3, -0.25) is 4.79 Å². The highest BCUT2D eigenvalue weighted by Crippen LogP contribution is 2.22. The van der Waals surface area contributed by atoms with Crippen LogP contribution in [0.1, 0.15) is 34.6 Å². The summed E-state index contributed by atoms with van der Waals surface area (Å²) in [6.45, 7) is 4.09. The summed E-state index contributed by atoms with van der Waals surface area (Å²) in [5, 5.41) is 8.07. The summed E-state index contributed by atoms with van der Waals surface area (Å²) in [6, 6.07) is 13.3. The fraction of sp³-hybridized carbons (Fsp3) is 0.286. The molecule has 0 spiro atoms. The number of amides is 1. The third-order valence-electron chi connectivity index (χ3n) is 4.66. The fourth-order valence-corrected chi connectivity index (χ4v) is 3.88. The summed E-state index contributed by atoms with van der Waals surface area (Å²) < 4.78 is 0. The van der Waals surface area contributed by atoms with Crippen molar-refractivity contribution in [3.63, 3.8) is 0 Å². The summed E-state index contributed by atoms with van der Waals surface area (Å²) >= 11 is 1.42. The van der Waals surface area contributed by atoms with Crippen molar-refractivity contribution in [3.05, 3.63) is 58.4 Å². The van der Waals surface area contributed by atoms with Crippen LogP contribution in [-0.4, -0.2) is 29.0 Å². The van der Waals surface area contributed by atoms with Crippen LogP contribution >= 0.6 is 11.3 Å². The van der Waals surface area contributed by atoms with Crippen molar-refractivity contribution in [2.24, 2.45) is 0 Å². The summed E-state index contributed by atoms with van der Waals surface area (Å²) in [4.78, 5) is 24.4. The molecule has 3 aromatic rings. The van der Waals surface area contributed by atoms with Crippen LogP contribution in [0.3, 0.4) is 0 Å². The third-order valence-corrected chi connectivity index (χ3v) is 5.53. The molecule has 0 unspecified atom stereocenters. The van der Waals surface area contributed by atoms with E-state index >= 15 is 0 Å². The van der Waals surface area contributed by atoms with Gasteiger partial charge in [-0.15, -0.1) is 11.3 Å². The molecule has 4 rings (SSSR count). The van der Waals surface area contributed by atoms with Crippen LogP contribution in [0.25, 0.3) is 0 Å². The van der Waals surface area contributed by atoms with Crippen molar-refractivity contribution >= 4 is 40.4 Å². The van der Waals surface area contributed by atoms with Crippen LogP contribution in [-0.2, 0) is 0 Å². The molecule has 144 valence electrons. The predicted octanol–water partition coefficient (Wildman–Crippen LogP) is 4.83. The number of aryl methyl sites for hydroxylation is 1. The molecule has 1 aliphatic rings. The summed E-state index contributed by atoms with van der Waals surface area (Å²) in [5.41, 5.74) is 2.57. The molecule has 0 bridgehead atoms. The van der Waals surface area contributed by atoms with E-state index in [4.69, 9.17) is 4.98 Å². The molecule has 2 aromatic heterocycles. The molecule has 1 saturated heterocycles. The van der Waals surface area contributed by atoms with Crippen LogP contribution in [0, 0.1) is 6.92 Å². The summed E-state index contributed by atoms with van der Waals surface area (Å²) in [5.74, 6) is 1.48. The van der Waals surface area contributed by atoms with Gasteiger partial charge in [0.1, 0.15) is 5.82 Å². The second kappa shape index (κ2) is 8.39. The average Bonchev–Trinajstić information content (AvgIpc) is 3.25. The molecule has 0 saturated carbocycles. The first kappa shape index (κ1) is 18.4. The van der Waals surface area contributed by atoms with Gasteiger partial charge in [-0.1, -0.05) is 6.07 Å². The molecule has 1 aliphatic heterocycles. The van der Waals surface area contributed by atoms with Crippen molar-refractivity contribution in [1.29, 1.82) is 0 Å². The lowest BCUT2D eigenvalue weighted by atomic mass is 10.1. The zero-order chi connectivity index (χ0) is 19.3. The smallest absolute Gasteiger partial charge is 0.265 e. The van der Waals surface area contributed by atoms with Crippen LogP contribution < -0.4 is 15.5 Å². The standard InChI is InChI=1S/C21H23N5OS/c1-15-14-19(26-11-3-2-4-12-26)25-21(22-15)24-17-9-7-16(8-10-17)23-20(27)18-6-5-13-28-18/h5-10,13-14H,2-4,11-12H2,1H3,(H,23,27)(H,22,24,25). The van der Waals surface area contributed by atoms with E-state index in [0.717, 1.165) is 36.0 Å². The first-order valence-electron chi connectivity index (χ1n) is 9.50. The van der Waals surface area contributed by atoms with Crippen LogP contribution in [0.15, 0.2) is 47.8 Å². The zero-order valence-electron chi connectivity index (χ0n) is 15.8. The average molecular weight is 394 g/mol. The molecule has 1 amide bonds. The van der Waals surface area contributed by atoms with Crippen molar-refractivity contribution in [3.8, 4) is 0 Å². The van der Waals surface area contributed by atoms with Crippen molar-refractivity contribution in [2.45, 2.75) is 26.2 Å². The van der Waals surface area contributed by atoms with E-state index in [-0.39, 0.29) is 5.91 Å². The molecule has 2 N–H and O–H groups in total. The molecular weight excluding hydrogens is 370 g/mol. The monoisotopic (exact) mass is 393 g/mol. The third kappa shape index (κ3) is 4.48. The van der Waals surface area contributed by atoms with Gasteiger partial charge in [-0.2, -0.15) is 4.98 Å². The number of aromatic nitrogens is 2. The minimum atomic E-state index is -0.0936. The number of hydrogen-bond donors (Lipinski definition) is 2. The number of nitrogens with zero attached hydrogens (tertiary/aromatic N) is 3. The molecule has 6 nitrogen and oxygen atoms in total. The van der Waals surface area contributed by atoms with E-state index in [2.05, 4.69) is 20.5 Å². The van der Waals surface area contributed by atoms with E-state index in [1.165, 1.54) is 30.6 Å². The molecule has 0 aliphatic carbocycles. The Morgan fingerprint density at radius 3 is 2.50 bits per heavy atom. The molecule has 0 atom stereocenters. The molecule has 28 heavy (non-hydrogen) atoms. The minimum Gasteiger partial charge on any atom is -0.356 e. The maximum Gasteiger partial charge on any atom is 0.265 e. The second-order valence-electron chi connectivity index (χ2n) is 6.87. The van der Waals surface area contributed by atoms with Gasteiger partial charge in [-0.25, -0.2) is 4.98 Å². The number of piperidine rings is 1. The number of anilines is 4. The number of carbonyl (C=O) groups excluding carboxylic acids is 1. The molecule has 1 aromatic carbocycles. The first-order valence-corrected chi connectivity index (χ1v) is 10.4. The van der Waals surface area contributed by atoms with Crippen LogP contribution in [0.5, 0.6) is 0 Å². The van der Waals surface area contributed by atoms with E-state index in [1.54, 1.807) is 0 Å². The SMILES string of the molecule is Cc1cc(N2CCCCC2)nc(Nc2ccc(NC(=O)c3cccs3)cc2)n1. The topological polar surface area (TPSA) is 70.2 Å². The Morgan fingerprint density at radius 2 is 1.79 bits per heavy atom. The number of hydrogen-bond acceptors (Lipinski definition) is 6. The Labute approximate surface area is 168 Å². The van der Waals surface area contributed by atoms with Gasteiger partial charge < -0.3 is 15.5 Å². The van der Waals surface area contributed by atoms with Crippen LogP contribution in [0.2, 0.25) is 0 Å². The van der Waals surface area contributed by atoms with E-state index < -0.39 is 0 Å². The quantitative estimate of drug-likeness (QED) is 0.649. The van der Waals surface area contributed by atoms with E-state index in [9.17, 15) is 4.79 Å². The van der Waals surface area contributed by atoms with Gasteiger partial charge in [0.05, 0.1) is 4.88 Å². The minimum absolute atomic E-state index is 0.0936. The number of rotatable bonds is 5. The van der Waals surface area contributed by atoms with E-state index in [0.29, 0.717) is 10.8 Å². The van der Waals surface area contributed by atoms with Crippen LogP contribution in [0.4, 0.5) is 23.1 Å². The number of thiophene rings is 1. The normalized spacial score (nSPS) is 14.0. The van der Waals surface area contributed by atoms with Crippen molar-refractivity contribution in [1.82, 2.24) is 9.97 Å². The molecule has 7 heteroatoms. The van der Waals surface area contributed by atoms with Crippen molar-refractivity contribution in [2.75, 3.05) is 28.6 Å². The highest BCUT2D eigenvalue weighted by molar-refractivity contribution is 7.12. The number of carbonyl (C=O) groups is 1. The lowest BCUT2D eigenvalue weighted by Gasteiger charge is -2.28. The highest BCUT2D eigenvalue weighted by Gasteiger charge is 2.14. The van der Waals surface area contributed by atoms with Gasteiger partial charge in [0.2, 0.25) is 5.95 Å². The van der Waals surface area contributed by atoms with Crippen molar-refractivity contribution < 1.29 is 4.79 Å². The van der Waals surface area contributed by atoms with Gasteiger partial charge >= 0.3 is 0 Å². The molecule has 3 heterocycles. The molecule has 0 radical (unpaired) electrons. The fourth-order valence-electron chi connectivity index (χ4n) is 3.26. The summed E-state index contributed by atoms with van der Waals surface area (Å²) in [7, 11) is 0. The Bertz CT molecular complexity index is 934. The summed E-state index contributed by atoms with van der Waals surface area (Å²) in [6.07, 6.45) is 3.72. The molecule has 1 fully saturated rings. The maximum atomic E-state index is 12.1. The molecular formula is C21H23N5OS. The predicted molar refractivity (Wildman–Crippen MR) is 115 cm³/mol. The van der Waals surface area contributed by atoms with Gasteiger partial charge in [0, 0.05) is 36.2 Å². The zero-order valence-corrected chi connectivity index (χ0v) is 16.6. The first-order chi connectivity index (χ1) is 13.7. The lowest BCUT2D eigenvalue weighted by molar-refractivity contribution is 0.103. The maximum absolute atomic E-state index is 12.1. The van der Waals surface area contributed by atoms with Gasteiger partial charge in [0.15, 0.2) is 0 Å². The lowest BCUT2D eigenvalue weighted by Crippen LogP contribution is -2.30. The van der Waals surface area contributed by atoms with Gasteiger partial charge in [0.25, 0.3) is 5.91 Å². The Hall–Kier alpha value is -2.93. The second-order valence-corrected chi connectivity index (χ2v) is 7.82. The number of benzene rings is 1. The Balaban J connectivity index is 1.44. The number of nitrogens with one attached hydrogen (secondary N) is 2. The Kier molecular flexibility index (Phi) is 5.53. The highest BCUT2D eigenvalue weighted by atomic mass is 32.1. The largest absolute Gasteiger partial charge is 0.356 e.